The maximum Gasteiger partial charge on any atom is 0.414 e. The van der Waals surface area contributed by atoms with Crippen LogP contribution >= 0.6 is 0 Å². The first-order valence-corrected chi connectivity index (χ1v) is 9.97. The number of nitrogens with zero attached hydrogens (tertiary/aromatic N) is 4. The molecule has 0 N–H and O–H groups in total. The van der Waals surface area contributed by atoms with Crippen LogP contribution in [0, 0.1) is 20.8 Å². The molecule has 2 aromatic rings. The zero-order valence-corrected chi connectivity index (χ0v) is 17.1. The molecule has 0 atom stereocenters. The molecule has 0 aliphatic carbocycles. The molecule has 2 saturated heterocycles. The second-order valence-corrected chi connectivity index (χ2v) is 7.62. The van der Waals surface area contributed by atoms with Crippen LogP contribution in [0.25, 0.3) is 0 Å². The van der Waals surface area contributed by atoms with Gasteiger partial charge in [0.15, 0.2) is 0 Å². The molecule has 2 fully saturated rings. The van der Waals surface area contributed by atoms with Gasteiger partial charge in [0.25, 0.3) is 5.91 Å². The van der Waals surface area contributed by atoms with Gasteiger partial charge >= 0.3 is 6.09 Å². The molecule has 0 spiro atoms. The number of piperazine rings is 1. The van der Waals surface area contributed by atoms with Crippen molar-refractivity contribution >= 4 is 23.5 Å². The van der Waals surface area contributed by atoms with Gasteiger partial charge < -0.3 is 14.5 Å². The molecule has 1 aromatic heterocycles. The molecule has 2 amide bonds. The summed E-state index contributed by atoms with van der Waals surface area (Å²) in [4.78, 5) is 35.0. The van der Waals surface area contributed by atoms with E-state index in [0.717, 1.165) is 30.3 Å². The summed E-state index contributed by atoms with van der Waals surface area (Å²) in [5.41, 5.74) is 4.81. The Labute approximate surface area is 170 Å². The maximum absolute atomic E-state index is 12.9. The Balaban J connectivity index is 1.40. The predicted octanol–water partition coefficient (Wildman–Crippen LogP) is 2.93. The Morgan fingerprint density at radius 2 is 1.66 bits per heavy atom. The molecule has 7 heteroatoms. The van der Waals surface area contributed by atoms with Crippen LogP contribution < -0.4 is 9.80 Å². The molecule has 0 unspecified atom stereocenters. The Bertz CT molecular complexity index is 934. The fraction of sp³-hybridized carbons (Fsp3) is 0.409. The Morgan fingerprint density at radius 1 is 0.966 bits per heavy atom. The van der Waals surface area contributed by atoms with Gasteiger partial charge in [0.1, 0.15) is 12.4 Å². The summed E-state index contributed by atoms with van der Waals surface area (Å²) >= 11 is 0. The van der Waals surface area contributed by atoms with Gasteiger partial charge in [-0.2, -0.15) is 0 Å². The predicted molar refractivity (Wildman–Crippen MR) is 112 cm³/mol. The third-order valence-corrected chi connectivity index (χ3v) is 5.68. The van der Waals surface area contributed by atoms with Crippen LogP contribution in [0.5, 0.6) is 0 Å². The number of pyridine rings is 1. The molecular weight excluding hydrogens is 368 g/mol. The highest BCUT2D eigenvalue weighted by Crippen LogP contribution is 2.23. The highest BCUT2D eigenvalue weighted by atomic mass is 16.6. The van der Waals surface area contributed by atoms with Crippen molar-refractivity contribution in [1.82, 2.24) is 9.88 Å². The van der Waals surface area contributed by atoms with Crippen LogP contribution in [0.15, 0.2) is 30.3 Å². The molecule has 2 aliphatic heterocycles. The van der Waals surface area contributed by atoms with E-state index in [1.165, 1.54) is 11.1 Å². The van der Waals surface area contributed by atoms with E-state index in [1.54, 1.807) is 29.2 Å². The van der Waals surface area contributed by atoms with Crippen molar-refractivity contribution in [2.45, 2.75) is 20.8 Å². The first kappa shape index (κ1) is 19.2. The third-order valence-electron chi connectivity index (χ3n) is 5.68. The largest absolute Gasteiger partial charge is 0.447 e. The molecule has 2 aliphatic rings. The van der Waals surface area contributed by atoms with Gasteiger partial charge in [-0.05, 0) is 56.2 Å². The highest BCUT2D eigenvalue weighted by molar-refractivity contribution is 5.95. The Hall–Kier alpha value is -3.09. The van der Waals surface area contributed by atoms with Gasteiger partial charge in [0.05, 0.1) is 6.54 Å². The fourth-order valence-corrected chi connectivity index (χ4v) is 3.86. The van der Waals surface area contributed by atoms with E-state index in [4.69, 9.17) is 9.72 Å². The minimum absolute atomic E-state index is 0.0185. The third kappa shape index (κ3) is 3.77. The van der Waals surface area contributed by atoms with E-state index in [9.17, 15) is 9.59 Å². The zero-order chi connectivity index (χ0) is 20.5. The molecule has 7 nitrogen and oxygen atoms in total. The molecule has 152 valence electrons. The van der Waals surface area contributed by atoms with Crippen molar-refractivity contribution in [2.75, 3.05) is 49.1 Å². The number of cyclic esters (lactones) is 1. The zero-order valence-electron chi connectivity index (χ0n) is 17.1. The smallest absolute Gasteiger partial charge is 0.414 e. The molecular formula is C22H26N4O3. The Kier molecular flexibility index (Phi) is 5.13. The minimum Gasteiger partial charge on any atom is -0.447 e. The van der Waals surface area contributed by atoms with E-state index in [-0.39, 0.29) is 12.0 Å². The number of rotatable bonds is 3. The van der Waals surface area contributed by atoms with Gasteiger partial charge in [-0.15, -0.1) is 0 Å². The maximum atomic E-state index is 12.9. The first-order valence-electron chi connectivity index (χ1n) is 9.97. The van der Waals surface area contributed by atoms with Crippen molar-refractivity contribution < 1.29 is 14.3 Å². The van der Waals surface area contributed by atoms with Crippen LogP contribution in [0.3, 0.4) is 0 Å². The van der Waals surface area contributed by atoms with Crippen LogP contribution in [0.4, 0.5) is 16.3 Å². The van der Waals surface area contributed by atoms with Gasteiger partial charge in [-0.1, -0.05) is 6.07 Å². The van der Waals surface area contributed by atoms with Crippen molar-refractivity contribution in [2.24, 2.45) is 0 Å². The molecule has 0 bridgehead atoms. The molecule has 0 radical (unpaired) electrons. The normalized spacial score (nSPS) is 16.9. The second kappa shape index (κ2) is 7.73. The average molecular weight is 394 g/mol. The van der Waals surface area contributed by atoms with Crippen molar-refractivity contribution in [3.63, 3.8) is 0 Å². The number of carbonyl (C=O) groups excluding carboxylic acids is 2. The summed E-state index contributed by atoms with van der Waals surface area (Å²) in [6.45, 7) is 9.99. The van der Waals surface area contributed by atoms with Gasteiger partial charge in [0.2, 0.25) is 0 Å². The average Bonchev–Trinajstić information content (AvgIpc) is 3.16. The number of aromatic nitrogens is 1. The summed E-state index contributed by atoms with van der Waals surface area (Å²) in [7, 11) is 0. The Morgan fingerprint density at radius 3 is 2.28 bits per heavy atom. The number of hydrogen-bond acceptors (Lipinski definition) is 5. The van der Waals surface area contributed by atoms with Crippen molar-refractivity contribution in [3.05, 3.63) is 52.7 Å². The van der Waals surface area contributed by atoms with Crippen molar-refractivity contribution in [3.8, 4) is 0 Å². The fourth-order valence-electron chi connectivity index (χ4n) is 3.86. The van der Waals surface area contributed by atoms with E-state index < -0.39 is 0 Å². The summed E-state index contributed by atoms with van der Waals surface area (Å²) in [5.74, 6) is 1.03. The topological polar surface area (TPSA) is 66.0 Å². The molecule has 4 rings (SSSR count). The van der Waals surface area contributed by atoms with Crippen LogP contribution in [-0.4, -0.2) is 61.2 Å². The lowest BCUT2D eigenvalue weighted by molar-refractivity contribution is 0.0746. The standard InChI is InChI=1S/C22H26N4O3/c1-15-14-16(2)20(23-17(15)3)24-8-10-25(11-9-24)21(27)18-4-6-19(7-5-18)26-12-13-29-22(26)28/h4-7,14H,8-13H2,1-3H3. The minimum atomic E-state index is -0.338. The summed E-state index contributed by atoms with van der Waals surface area (Å²) in [6, 6.07) is 9.35. The number of anilines is 2. The molecule has 1 aromatic carbocycles. The molecule has 29 heavy (non-hydrogen) atoms. The van der Waals surface area contributed by atoms with Gasteiger partial charge in [-0.25, -0.2) is 9.78 Å². The lowest BCUT2D eigenvalue weighted by Gasteiger charge is -2.36. The number of carbonyl (C=O) groups is 2. The second-order valence-electron chi connectivity index (χ2n) is 7.62. The number of hydrogen-bond donors (Lipinski definition) is 0. The lowest BCUT2D eigenvalue weighted by atomic mass is 10.1. The van der Waals surface area contributed by atoms with E-state index in [1.807, 2.05) is 11.8 Å². The van der Waals surface area contributed by atoms with E-state index in [0.29, 0.717) is 31.8 Å². The quantitative estimate of drug-likeness (QED) is 0.801. The number of ether oxygens (including phenoxy) is 1. The van der Waals surface area contributed by atoms with E-state index >= 15 is 0 Å². The highest BCUT2D eigenvalue weighted by Gasteiger charge is 2.26. The van der Waals surface area contributed by atoms with Gasteiger partial charge in [-0.3, -0.25) is 9.69 Å². The van der Waals surface area contributed by atoms with Crippen LogP contribution in [0.2, 0.25) is 0 Å². The summed E-state index contributed by atoms with van der Waals surface area (Å²) in [5, 5.41) is 0. The summed E-state index contributed by atoms with van der Waals surface area (Å²) < 4.78 is 4.96. The number of aryl methyl sites for hydroxylation is 3. The first-order chi connectivity index (χ1) is 13.9. The number of benzene rings is 1. The monoisotopic (exact) mass is 394 g/mol. The van der Waals surface area contributed by atoms with Gasteiger partial charge in [0, 0.05) is 43.1 Å². The van der Waals surface area contributed by atoms with Crippen LogP contribution in [0.1, 0.15) is 27.2 Å². The molecule has 0 saturated carbocycles. The number of amides is 2. The van der Waals surface area contributed by atoms with Crippen molar-refractivity contribution in [1.29, 1.82) is 0 Å². The lowest BCUT2D eigenvalue weighted by Crippen LogP contribution is -2.49. The molecule has 3 heterocycles. The van der Waals surface area contributed by atoms with E-state index in [2.05, 4.69) is 24.8 Å². The van der Waals surface area contributed by atoms with Crippen LogP contribution in [-0.2, 0) is 4.74 Å². The summed E-state index contributed by atoms with van der Waals surface area (Å²) in [6.07, 6.45) is -0.338. The SMILES string of the molecule is Cc1cc(C)c(N2CCN(C(=O)c3ccc(N4CCOC4=O)cc3)CC2)nc1C.